The summed E-state index contributed by atoms with van der Waals surface area (Å²) in [5, 5.41) is 8.86. The van der Waals surface area contributed by atoms with Crippen LogP contribution in [0.2, 0.25) is 0 Å². The summed E-state index contributed by atoms with van der Waals surface area (Å²) in [4.78, 5) is 24.1. The predicted octanol–water partition coefficient (Wildman–Crippen LogP) is 1.57. The minimum atomic E-state index is -4.92. The van der Waals surface area contributed by atoms with E-state index in [4.69, 9.17) is 10.00 Å². The second-order valence-corrected chi connectivity index (χ2v) is 4.66. The number of nitriles is 1. The van der Waals surface area contributed by atoms with Crippen LogP contribution in [0.3, 0.4) is 0 Å². The average Bonchev–Trinajstić information content (AvgIpc) is 2.50. The van der Waals surface area contributed by atoms with Gasteiger partial charge in [0.1, 0.15) is 23.3 Å². The summed E-state index contributed by atoms with van der Waals surface area (Å²) in [6, 6.07) is 3.45. The van der Waals surface area contributed by atoms with Crippen molar-refractivity contribution < 1.29 is 22.3 Å². The highest BCUT2D eigenvalue weighted by molar-refractivity contribution is 5.51. The first kappa shape index (κ1) is 17.3. The zero-order valence-electron chi connectivity index (χ0n) is 12.3. The first-order valence-corrected chi connectivity index (χ1v) is 6.30. The Morgan fingerprint density at radius 3 is 2.33 bits per heavy atom. The summed E-state index contributed by atoms with van der Waals surface area (Å²) in [6.07, 6.45) is -4.92. The molecule has 0 aliphatic heterocycles. The predicted molar refractivity (Wildman–Crippen MR) is 73.5 cm³/mol. The Morgan fingerprint density at radius 1 is 1.21 bits per heavy atom. The van der Waals surface area contributed by atoms with E-state index in [1.165, 1.54) is 7.11 Å². The smallest absolute Gasteiger partial charge is 0.431 e. The van der Waals surface area contributed by atoms with Crippen LogP contribution in [0.25, 0.3) is 5.69 Å². The van der Waals surface area contributed by atoms with E-state index in [9.17, 15) is 27.2 Å². The van der Waals surface area contributed by atoms with Gasteiger partial charge in [-0.1, -0.05) is 0 Å². The summed E-state index contributed by atoms with van der Waals surface area (Å²) < 4.78 is 57.8. The summed E-state index contributed by atoms with van der Waals surface area (Å²) in [5.74, 6) is -1.27. The second kappa shape index (κ2) is 5.84. The fraction of sp³-hybridized carbons (Fsp3) is 0.214. The first-order valence-electron chi connectivity index (χ1n) is 6.30. The van der Waals surface area contributed by atoms with Crippen LogP contribution >= 0.6 is 0 Å². The largest absolute Gasteiger partial charge is 0.495 e. The Bertz CT molecular complexity index is 967. The van der Waals surface area contributed by atoms with Crippen LogP contribution in [0.15, 0.2) is 27.8 Å². The molecule has 0 N–H and O–H groups in total. The molecule has 24 heavy (non-hydrogen) atoms. The maximum Gasteiger partial charge on any atom is 0.431 e. The van der Waals surface area contributed by atoms with Gasteiger partial charge in [-0.3, -0.25) is 9.36 Å². The quantitative estimate of drug-likeness (QED) is 0.776. The van der Waals surface area contributed by atoms with Crippen LogP contribution in [-0.4, -0.2) is 16.2 Å². The molecule has 1 aromatic heterocycles. The van der Waals surface area contributed by atoms with Gasteiger partial charge in [0.05, 0.1) is 18.4 Å². The molecule has 1 heterocycles. The monoisotopic (exact) mass is 343 g/mol. The molecule has 0 unspecified atom stereocenters. The number of halogens is 4. The van der Waals surface area contributed by atoms with E-state index in [1.54, 1.807) is 6.07 Å². The third-order valence-electron chi connectivity index (χ3n) is 3.24. The number of hydrogen-bond donors (Lipinski definition) is 0. The standard InChI is InChI=1S/C14H9F4N3O3/c1-20-11(14(16,17)18)5-12(22)21(13(20)23)9-4-10(24-2)7(6-19)3-8(9)15/h3-5H,1-2H3. The van der Waals surface area contributed by atoms with Crippen molar-refractivity contribution in [2.45, 2.75) is 6.18 Å². The maximum absolute atomic E-state index is 14.1. The number of ether oxygens (including phenoxy) is 1. The van der Waals surface area contributed by atoms with E-state index in [1.807, 2.05) is 0 Å². The molecule has 0 aliphatic rings. The number of rotatable bonds is 2. The lowest BCUT2D eigenvalue weighted by molar-refractivity contribution is -0.144. The Hall–Kier alpha value is -3.09. The van der Waals surface area contributed by atoms with Crippen molar-refractivity contribution in [2.24, 2.45) is 7.05 Å². The van der Waals surface area contributed by atoms with Crippen molar-refractivity contribution in [3.63, 3.8) is 0 Å². The van der Waals surface area contributed by atoms with E-state index in [0.717, 1.165) is 19.2 Å². The third-order valence-corrected chi connectivity index (χ3v) is 3.24. The first-order chi connectivity index (χ1) is 11.1. The van der Waals surface area contributed by atoms with Crippen LogP contribution in [-0.2, 0) is 13.2 Å². The van der Waals surface area contributed by atoms with E-state index in [-0.39, 0.29) is 26.5 Å². The molecule has 2 aromatic rings. The van der Waals surface area contributed by atoms with Crippen molar-refractivity contribution in [1.29, 1.82) is 5.26 Å². The molecule has 1 aromatic carbocycles. The molecule has 10 heteroatoms. The molecule has 0 radical (unpaired) electrons. The molecule has 2 rings (SSSR count). The van der Waals surface area contributed by atoms with Crippen LogP contribution in [0, 0.1) is 17.1 Å². The highest BCUT2D eigenvalue weighted by atomic mass is 19.4. The van der Waals surface area contributed by atoms with E-state index < -0.39 is 34.6 Å². The molecule has 6 nitrogen and oxygen atoms in total. The summed E-state index contributed by atoms with van der Waals surface area (Å²) in [6.45, 7) is 0. The highest BCUT2D eigenvalue weighted by Crippen LogP contribution is 2.27. The summed E-state index contributed by atoms with van der Waals surface area (Å²) >= 11 is 0. The highest BCUT2D eigenvalue weighted by Gasteiger charge is 2.35. The topological polar surface area (TPSA) is 77.0 Å². The van der Waals surface area contributed by atoms with Gasteiger partial charge in [-0.05, 0) is 6.07 Å². The van der Waals surface area contributed by atoms with E-state index in [0.29, 0.717) is 0 Å². The van der Waals surface area contributed by atoms with Gasteiger partial charge in [-0.2, -0.15) is 18.4 Å². The SMILES string of the molecule is COc1cc(-n2c(=O)cc(C(F)(F)F)n(C)c2=O)c(F)cc1C#N. The van der Waals surface area contributed by atoms with Gasteiger partial charge >= 0.3 is 11.9 Å². The van der Waals surface area contributed by atoms with Crippen LogP contribution < -0.4 is 16.0 Å². The molecule has 0 amide bonds. The van der Waals surface area contributed by atoms with Crippen molar-refractivity contribution in [2.75, 3.05) is 7.11 Å². The zero-order chi connectivity index (χ0) is 18.2. The Balaban J connectivity index is 2.86. The van der Waals surface area contributed by atoms with Crippen molar-refractivity contribution in [3.05, 3.63) is 56.1 Å². The van der Waals surface area contributed by atoms with Crippen molar-refractivity contribution >= 4 is 0 Å². The van der Waals surface area contributed by atoms with Crippen LogP contribution in [0.1, 0.15) is 11.3 Å². The molecular weight excluding hydrogens is 334 g/mol. The van der Waals surface area contributed by atoms with Crippen LogP contribution in [0.5, 0.6) is 5.75 Å². The van der Waals surface area contributed by atoms with Gasteiger partial charge in [-0.25, -0.2) is 13.8 Å². The molecule has 126 valence electrons. The van der Waals surface area contributed by atoms with Gasteiger partial charge in [0.15, 0.2) is 0 Å². The molecule has 0 atom stereocenters. The number of methoxy groups -OCH3 is 1. The Morgan fingerprint density at radius 2 is 1.83 bits per heavy atom. The molecule has 0 fully saturated rings. The fourth-order valence-corrected chi connectivity index (χ4v) is 2.09. The van der Waals surface area contributed by atoms with Gasteiger partial charge in [0.25, 0.3) is 5.56 Å². The number of alkyl halides is 3. The number of nitrogens with zero attached hydrogens (tertiary/aromatic N) is 3. The summed E-state index contributed by atoms with van der Waals surface area (Å²) in [5.41, 5.74) is -5.04. The van der Waals surface area contributed by atoms with Crippen LogP contribution in [0.4, 0.5) is 17.6 Å². The second-order valence-electron chi connectivity index (χ2n) is 4.66. The van der Waals surface area contributed by atoms with Crippen molar-refractivity contribution in [1.82, 2.24) is 9.13 Å². The molecule has 0 spiro atoms. The Kier molecular flexibility index (Phi) is 4.20. The lowest BCUT2D eigenvalue weighted by atomic mass is 10.2. The normalized spacial score (nSPS) is 11.2. The van der Waals surface area contributed by atoms with E-state index >= 15 is 0 Å². The molecule has 0 saturated carbocycles. The Labute approximate surface area is 131 Å². The van der Waals surface area contributed by atoms with E-state index in [2.05, 4.69) is 0 Å². The lowest BCUT2D eigenvalue weighted by Crippen LogP contribution is -2.41. The molecule has 0 bridgehead atoms. The fourth-order valence-electron chi connectivity index (χ4n) is 2.09. The van der Waals surface area contributed by atoms with Crippen molar-refractivity contribution in [3.8, 4) is 17.5 Å². The summed E-state index contributed by atoms with van der Waals surface area (Å²) in [7, 11) is 1.98. The number of hydrogen-bond acceptors (Lipinski definition) is 4. The average molecular weight is 343 g/mol. The lowest BCUT2D eigenvalue weighted by Gasteiger charge is -2.15. The van der Waals surface area contributed by atoms with Gasteiger partial charge in [0.2, 0.25) is 0 Å². The third kappa shape index (κ3) is 2.76. The minimum absolute atomic E-state index is 0.136. The maximum atomic E-state index is 14.1. The molecule has 0 aliphatic carbocycles. The number of aromatic nitrogens is 2. The van der Waals surface area contributed by atoms with Gasteiger partial charge in [0, 0.05) is 19.2 Å². The number of benzene rings is 1. The minimum Gasteiger partial charge on any atom is -0.495 e. The van der Waals surface area contributed by atoms with Gasteiger partial charge < -0.3 is 4.74 Å². The molecule has 0 saturated heterocycles. The molecular formula is C14H9F4N3O3. The zero-order valence-corrected chi connectivity index (χ0v) is 12.3. The van der Waals surface area contributed by atoms with Gasteiger partial charge in [-0.15, -0.1) is 0 Å².